The Balaban J connectivity index is 2.15. The van der Waals surface area contributed by atoms with Gasteiger partial charge in [0.25, 0.3) is 0 Å². The van der Waals surface area contributed by atoms with E-state index in [-0.39, 0.29) is 10.7 Å². The first kappa shape index (κ1) is 16.9. The van der Waals surface area contributed by atoms with E-state index in [9.17, 15) is 17.6 Å². The first-order valence-electron chi connectivity index (χ1n) is 6.64. The standard InChI is InChI=1S/C16H15FN2O3S/c1-11-2-8-14(23(18,21)22)10-15(11)19-16(20)9-5-12-3-6-13(17)7-4-12/h2-10H,1H3,(H,19,20)(H2,18,21,22). The Morgan fingerprint density at radius 3 is 2.43 bits per heavy atom. The lowest BCUT2D eigenvalue weighted by Gasteiger charge is -2.08. The molecule has 120 valence electrons. The molecule has 0 atom stereocenters. The van der Waals surface area contributed by atoms with Crippen molar-refractivity contribution in [1.29, 1.82) is 0 Å². The second-order valence-electron chi connectivity index (χ2n) is 4.90. The van der Waals surface area contributed by atoms with E-state index in [1.54, 1.807) is 13.0 Å². The zero-order chi connectivity index (χ0) is 17.0. The van der Waals surface area contributed by atoms with Gasteiger partial charge in [-0.1, -0.05) is 18.2 Å². The van der Waals surface area contributed by atoms with Crippen LogP contribution in [-0.4, -0.2) is 14.3 Å². The zero-order valence-electron chi connectivity index (χ0n) is 12.3. The third-order valence-corrected chi connectivity index (χ3v) is 4.00. The molecule has 0 fully saturated rings. The van der Waals surface area contributed by atoms with E-state index >= 15 is 0 Å². The highest BCUT2D eigenvalue weighted by atomic mass is 32.2. The third-order valence-electron chi connectivity index (χ3n) is 3.09. The summed E-state index contributed by atoms with van der Waals surface area (Å²) < 4.78 is 35.5. The molecule has 0 aromatic heterocycles. The molecular formula is C16H15FN2O3S. The van der Waals surface area contributed by atoms with Crippen molar-refractivity contribution in [2.45, 2.75) is 11.8 Å². The topological polar surface area (TPSA) is 89.3 Å². The Bertz CT molecular complexity index is 859. The summed E-state index contributed by atoms with van der Waals surface area (Å²) in [5, 5.41) is 7.65. The van der Waals surface area contributed by atoms with Gasteiger partial charge in [-0.3, -0.25) is 4.79 Å². The third kappa shape index (κ3) is 4.73. The average molecular weight is 334 g/mol. The molecule has 3 N–H and O–H groups in total. The number of primary sulfonamides is 1. The molecule has 0 radical (unpaired) electrons. The molecule has 0 saturated heterocycles. The van der Waals surface area contributed by atoms with Gasteiger partial charge in [-0.05, 0) is 48.4 Å². The molecule has 0 aliphatic carbocycles. The highest BCUT2D eigenvalue weighted by Gasteiger charge is 2.10. The van der Waals surface area contributed by atoms with Gasteiger partial charge in [0.1, 0.15) is 5.82 Å². The molecule has 2 aromatic rings. The van der Waals surface area contributed by atoms with Crippen LogP contribution in [0, 0.1) is 12.7 Å². The Hall–Kier alpha value is -2.51. The maximum atomic E-state index is 12.8. The predicted octanol–water partition coefficient (Wildman–Crippen LogP) is 2.43. The molecule has 0 heterocycles. The number of carbonyl (C=O) groups is 1. The molecule has 0 saturated carbocycles. The summed E-state index contributed by atoms with van der Waals surface area (Å²) in [6.45, 7) is 1.73. The summed E-state index contributed by atoms with van der Waals surface area (Å²) in [5.41, 5.74) is 1.71. The Morgan fingerprint density at radius 1 is 1.17 bits per heavy atom. The molecule has 0 aliphatic rings. The van der Waals surface area contributed by atoms with Gasteiger partial charge in [0.15, 0.2) is 0 Å². The summed E-state index contributed by atoms with van der Waals surface area (Å²) >= 11 is 0. The van der Waals surface area contributed by atoms with Crippen LogP contribution in [0.4, 0.5) is 10.1 Å². The molecule has 7 heteroatoms. The van der Waals surface area contributed by atoms with Crippen LogP contribution in [0.25, 0.3) is 6.08 Å². The van der Waals surface area contributed by atoms with Gasteiger partial charge in [0.2, 0.25) is 15.9 Å². The van der Waals surface area contributed by atoms with E-state index in [1.807, 2.05) is 0 Å². The molecule has 1 amide bonds. The summed E-state index contributed by atoms with van der Waals surface area (Å²) in [5.74, 6) is -0.800. The fraction of sp³-hybridized carbons (Fsp3) is 0.0625. The van der Waals surface area contributed by atoms with Crippen LogP contribution in [0.3, 0.4) is 0 Å². The van der Waals surface area contributed by atoms with Crippen LogP contribution in [0.1, 0.15) is 11.1 Å². The van der Waals surface area contributed by atoms with Gasteiger partial charge >= 0.3 is 0 Å². The van der Waals surface area contributed by atoms with Crippen LogP contribution < -0.4 is 10.5 Å². The second kappa shape index (κ2) is 6.72. The van der Waals surface area contributed by atoms with E-state index in [0.29, 0.717) is 16.8 Å². The molecule has 0 aliphatic heterocycles. The minimum absolute atomic E-state index is 0.0825. The van der Waals surface area contributed by atoms with Crippen molar-refractivity contribution >= 4 is 27.7 Å². The number of carbonyl (C=O) groups excluding carboxylic acids is 1. The maximum Gasteiger partial charge on any atom is 0.248 e. The predicted molar refractivity (Wildman–Crippen MR) is 86.6 cm³/mol. The maximum absolute atomic E-state index is 12.8. The lowest BCUT2D eigenvalue weighted by atomic mass is 10.2. The summed E-state index contributed by atoms with van der Waals surface area (Å²) in [4.78, 5) is 11.8. The van der Waals surface area contributed by atoms with E-state index < -0.39 is 15.9 Å². The molecule has 0 bridgehead atoms. The largest absolute Gasteiger partial charge is 0.322 e. The lowest BCUT2D eigenvalue weighted by molar-refractivity contribution is -0.111. The Morgan fingerprint density at radius 2 is 1.83 bits per heavy atom. The second-order valence-corrected chi connectivity index (χ2v) is 6.46. The van der Waals surface area contributed by atoms with Crippen molar-refractivity contribution in [3.8, 4) is 0 Å². The Labute approximate surface area is 133 Å². The number of hydrogen-bond acceptors (Lipinski definition) is 3. The van der Waals surface area contributed by atoms with E-state index in [0.717, 1.165) is 0 Å². The number of amides is 1. The van der Waals surface area contributed by atoms with Gasteiger partial charge in [0, 0.05) is 11.8 Å². The van der Waals surface area contributed by atoms with Crippen LogP contribution in [0.15, 0.2) is 53.4 Å². The monoisotopic (exact) mass is 334 g/mol. The normalized spacial score (nSPS) is 11.6. The number of sulfonamides is 1. The first-order valence-corrected chi connectivity index (χ1v) is 8.18. The van der Waals surface area contributed by atoms with Gasteiger partial charge in [0.05, 0.1) is 4.90 Å². The fourth-order valence-electron chi connectivity index (χ4n) is 1.83. The highest BCUT2D eigenvalue weighted by Crippen LogP contribution is 2.19. The van der Waals surface area contributed by atoms with Crippen LogP contribution >= 0.6 is 0 Å². The van der Waals surface area contributed by atoms with Crippen molar-refractivity contribution in [2.24, 2.45) is 5.14 Å². The van der Waals surface area contributed by atoms with Gasteiger partial charge in [-0.25, -0.2) is 17.9 Å². The van der Waals surface area contributed by atoms with E-state index in [1.165, 1.54) is 48.6 Å². The summed E-state index contributed by atoms with van der Waals surface area (Å²) in [6, 6.07) is 9.87. The quantitative estimate of drug-likeness (QED) is 0.842. The molecule has 0 spiro atoms. The number of hydrogen-bond donors (Lipinski definition) is 2. The molecule has 2 aromatic carbocycles. The minimum atomic E-state index is -3.84. The number of nitrogens with one attached hydrogen (secondary N) is 1. The van der Waals surface area contributed by atoms with Crippen LogP contribution in [0.2, 0.25) is 0 Å². The van der Waals surface area contributed by atoms with E-state index in [4.69, 9.17) is 5.14 Å². The fourth-order valence-corrected chi connectivity index (χ4v) is 2.37. The first-order chi connectivity index (χ1) is 10.8. The number of rotatable bonds is 4. The van der Waals surface area contributed by atoms with Crippen molar-refractivity contribution in [2.75, 3.05) is 5.32 Å². The summed E-state index contributed by atoms with van der Waals surface area (Å²) in [6.07, 6.45) is 2.80. The highest BCUT2D eigenvalue weighted by molar-refractivity contribution is 7.89. The minimum Gasteiger partial charge on any atom is -0.322 e. The number of halogens is 1. The molecule has 23 heavy (non-hydrogen) atoms. The van der Waals surface area contributed by atoms with Gasteiger partial charge in [-0.2, -0.15) is 0 Å². The van der Waals surface area contributed by atoms with Crippen LogP contribution in [0.5, 0.6) is 0 Å². The lowest BCUT2D eigenvalue weighted by Crippen LogP contribution is -2.14. The van der Waals surface area contributed by atoms with Crippen molar-refractivity contribution in [3.63, 3.8) is 0 Å². The SMILES string of the molecule is Cc1ccc(S(N)(=O)=O)cc1NC(=O)C=Cc1ccc(F)cc1. The molecule has 2 rings (SSSR count). The summed E-state index contributed by atoms with van der Waals surface area (Å²) in [7, 11) is -3.84. The number of anilines is 1. The van der Waals surface area contributed by atoms with E-state index in [2.05, 4.69) is 5.32 Å². The van der Waals surface area contributed by atoms with Gasteiger partial charge in [-0.15, -0.1) is 0 Å². The Kier molecular flexibility index (Phi) is 4.92. The molecular weight excluding hydrogens is 319 g/mol. The van der Waals surface area contributed by atoms with Crippen molar-refractivity contribution in [3.05, 3.63) is 65.5 Å². The zero-order valence-corrected chi connectivity index (χ0v) is 13.1. The van der Waals surface area contributed by atoms with Crippen LogP contribution in [-0.2, 0) is 14.8 Å². The smallest absolute Gasteiger partial charge is 0.248 e. The average Bonchev–Trinajstić information content (AvgIpc) is 2.48. The number of nitrogens with two attached hydrogens (primary N) is 1. The molecule has 0 unspecified atom stereocenters. The van der Waals surface area contributed by atoms with Crippen molar-refractivity contribution in [1.82, 2.24) is 0 Å². The number of aryl methyl sites for hydroxylation is 1. The number of benzene rings is 2. The van der Waals surface area contributed by atoms with Gasteiger partial charge < -0.3 is 5.32 Å². The molecule has 5 nitrogen and oxygen atoms in total. The van der Waals surface area contributed by atoms with Crippen molar-refractivity contribution < 1.29 is 17.6 Å².